The van der Waals surface area contributed by atoms with Gasteiger partial charge in [0.2, 0.25) is 0 Å². The Bertz CT molecular complexity index is 1640. The fourth-order valence-electron chi connectivity index (χ4n) is 12.2. The van der Waals surface area contributed by atoms with Gasteiger partial charge in [-0.05, 0) is 116 Å². The van der Waals surface area contributed by atoms with Crippen molar-refractivity contribution in [2.24, 2.45) is 50.2 Å². The molecule has 1 aromatic rings. The minimum absolute atomic E-state index is 0.00636. The molecule has 0 radical (unpaired) electrons. The summed E-state index contributed by atoms with van der Waals surface area (Å²) >= 11 is 0. The van der Waals surface area contributed by atoms with Crippen LogP contribution in [0.25, 0.3) is 0 Å². The first-order chi connectivity index (χ1) is 22.3. The maximum absolute atomic E-state index is 14.7. The van der Waals surface area contributed by atoms with Gasteiger partial charge in [-0.25, -0.2) is 4.79 Å². The van der Waals surface area contributed by atoms with Gasteiger partial charge in [-0.3, -0.25) is 19.2 Å². The molecule has 9 atom stereocenters. The van der Waals surface area contributed by atoms with E-state index in [9.17, 15) is 24.0 Å². The number of fused-ring (bicyclic) bond motifs is 8. The van der Waals surface area contributed by atoms with Gasteiger partial charge in [-0.15, -0.1) is 0 Å². The molecule has 258 valence electrons. The number of imide groups is 1. The number of nitrogens with zero attached hydrogens (tertiary/aromatic N) is 1. The minimum Gasteiger partial charge on any atom is -0.462 e. The molecule has 1 heterocycles. The monoisotopic (exact) mass is 657 g/mol. The highest BCUT2D eigenvalue weighted by molar-refractivity contribution is 6.21. The fourth-order valence-corrected chi connectivity index (χ4v) is 12.2. The number of carbonyl (C=O) groups is 5. The second-order valence-corrected chi connectivity index (χ2v) is 18.0. The van der Waals surface area contributed by atoms with Crippen molar-refractivity contribution in [2.45, 2.75) is 119 Å². The molecule has 48 heavy (non-hydrogen) atoms. The van der Waals surface area contributed by atoms with E-state index in [0.717, 1.165) is 44.9 Å². The smallest absolute Gasteiger partial charge is 0.339 e. The Kier molecular flexibility index (Phi) is 7.17. The van der Waals surface area contributed by atoms with Gasteiger partial charge in [0.15, 0.2) is 5.78 Å². The SMILES string of the molecule is CC(=O)O[C@H]1CC[C@]2(C)[C@H]3C(=O)C=C4[C@@H]5C[C@@](C)(C(=O)ON6C(=O)c7ccccc7C6=O)CC[C@]5(C)CC[C@@]4(C)[C@]3(C)CC[C@H]2C1(C)C. The third-order valence-electron chi connectivity index (χ3n) is 15.2. The van der Waals surface area contributed by atoms with Crippen molar-refractivity contribution in [1.29, 1.82) is 0 Å². The fraction of sp³-hybridized carbons (Fsp3) is 0.675. The molecule has 0 unspecified atom stereocenters. The minimum atomic E-state index is -0.928. The van der Waals surface area contributed by atoms with Crippen LogP contribution in [0.1, 0.15) is 134 Å². The van der Waals surface area contributed by atoms with Crippen molar-refractivity contribution in [3.8, 4) is 0 Å². The molecule has 8 heteroatoms. The number of hydrogen-bond donors (Lipinski definition) is 0. The predicted molar refractivity (Wildman–Crippen MR) is 178 cm³/mol. The Hall–Kier alpha value is -3.29. The number of carbonyl (C=O) groups excluding carboxylic acids is 5. The summed E-state index contributed by atoms with van der Waals surface area (Å²) in [7, 11) is 0. The van der Waals surface area contributed by atoms with Crippen LogP contribution < -0.4 is 0 Å². The number of hydroxylamine groups is 2. The highest BCUT2D eigenvalue weighted by atomic mass is 16.7. The number of benzene rings is 1. The first-order valence-electron chi connectivity index (χ1n) is 18.0. The summed E-state index contributed by atoms with van der Waals surface area (Å²) in [6.07, 6.45) is 9.16. The Balaban J connectivity index is 1.20. The Morgan fingerprint density at radius 2 is 1.44 bits per heavy atom. The summed E-state index contributed by atoms with van der Waals surface area (Å²) in [6, 6.07) is 6.51. The van der Waals surface area contributed by atoms with Gasteiger partial charge in [-0.2, -0.15) is 0 Å². The lowest BCUT2D eigenvalue weighted by Crippen LogP contribution is -2.66. The highest BCUT2D eigenvalue weighted by Gasteiger charge is 2.70. The average molecular weight is 658 g/mol. The molecule has 0 bridgehead atoms. The molecule has 6 aliphatic rings. The van der Waals surface area contributed by atoms with E-state index in [1.165, 1.54) is 12.5 Å². The third kappa shape index (κ3) is 4.28. The van der Waals surface area contributed by atoms with Crippen molar-refractivity contribution < 1.29 is 33.5 Å². The molecule has 4 fully saturated rings. The second-order valence-electron chi connectivity index (χ2n) is 18.0. The summed E-state index contributed by atoms with van der Waals surface area (Å²) in [6.45, 7) is 17.2. The van der Waals surface area contributed by atoms with Crippen molar-refractivity contribution in [1.82, 2.24) is 5.06 Å². The molecule has 8 nitrogen and oxygen atoms in total. The normalized spacial score (nSPS) is 42.8. The molecular formula is C40H51NO7. The Labute approximate surface area is 284 Å². The molecule has 1 aromatic carbocycles. The molecule has 1 aliphatic heterocycles. The lowest BCUT2D eigenvalue weighted by Gasteiger charge is -2.70. The van der Waals surface area contributed by atoms with Crippen LogP contribution in [-0.4, -0.2) is 40.7 Å². The van der Waals surface area contributed by atoms with E-state index in [-0.39, 0.29) is 73.8 Å². The van der Waals surface area contributed by atoms with Gasteiger partial charge in [-0.1, -0.05) is 64.3 Å². The number of rotatable bonds is 3. The number of esters is 1. The van der Waals surface area contributed by atoms with E-state index in [4.69, 9.17) is 9.57 Å². The molecule has 0 N–H and O–H groups in total. The maximum Gasteiger partial charge on any atom is 0.339 e. The Morgan fingerprint density at radius 1 is 0.812 bits per heavy atom. The quantitative estimate of drug-likeness (QED) is 0.243. The standard InChI is InChI=1S/C40H51NO7/c1-23(42)47-30-14-15-38(6)29(35(30,2)3)13-16-40(8)31(38)28(43)21-26-27-22-37(5,18-17-36(27,4)19-20-39(26,40)7)34(46)48-41-32(44)24-11-9-10-12-25(24)33(41)45/h9-12,21,27,29-31H,13-20,22H2,1-8H3/t27-,29-,30-,31+,36+,37-,38-,39+,40+/m0/s1. The van der Waals surface area contributed by atoms with E-state index >= 15 is 0 Å². The number of ketones is 1. The molecule has 0 spiro atoms. The molecule has 5 aliphatic carbocycles. The van der Waals surface area contributed by atoms with Gasteiger partial charge in [0.25, 0.3) is 11.8 Å². The average Bonchev–Trinajstić information content (AvgIpc) is 3.25. The van der Waals surface area contributed by atoms with Crippen LogP contribution in [0, 0.1) is 50.2 Å². The molecule has 0 aromatic heterocycles. The van der Waals surface area contributed by atoms with E-state index in [2.05, 4.69) is 41.5 Å². The van der Waals surface area contributed by atoms with Crippen LogP contribution in [0.4, 0.5) is 0 Å². The molecule has 0 saturated heterocycles. The molecule has 2 amide bonds. The molecule has 4 saturated carbocycles. The van der Waals surface area contributed by atoms with Crippen LogP contribution in [0.5, 0.6) is 0 Å². The van der Waals surface area contributed by atoms with E-state index in [1.807, 2.05) is 13.0 Å². The number of allylic oxidation sites excluding steroid dienone is 2. The largest absolute Gasteiger partial charge is 0.462 e. The number of hydrogen-bond acceptors (Lipinski definition) is 7. The predicted octanol–water partition coefficient (Wildman–Crippen LogP) is 7.65. The summed E-state index contributed by atoms with van der Waals surface area (Å²) < 4.78 is 5.86. The third-order valence-corrected chi connectivity index (χ3v) is 15.2. The maximum atomic E-state index is 14.7. The van der Waals surface area contributed by atoms with Crippen molar-refractivity contribution in [3.63, 3.8) is 0 Å². The summed E-state index contributed by atoms with van der Waals surface area (Å²) in [5.41, 5.74) is -0.328. The van der Waals surface area contributed by atoms with Crippen molar-refractivity contribution in [3.05, 3.63) is 47.0 Å². The first-order valence-corrected chi connectivity index (χ1v) is 18.0. The zero-order valence-electron chi connectivity index (χ0n) is 29.9. The topological polar surface area (TPSA) is 107 Å². The lowest BCUT2D eigenvalue weighted by molar-refractivity contribution is -0.211. The summed E-state index contributed by atoms with van der Waals surface area (Å²) in [4.78, 5) is 72.4. The van der Waals surface area contributed by atoms with Crippen molar-refractivity contribution >= 4 is 29.5 Å². The summed E-state index contributed by atoms with van der Waals surface area (Å²) in [5.74, 6) is -1.77. The second kappa shape index (κ2) is 10.4. The van der Waals surface area contributed by atoms with Gasteiger partial charge in [0.1, 0.15) is 6.10 Å². The highest BCUT2D eigenvalue weighted by Crippen LogP contribution is 2.75. The zero-order chi connectivity index (χ0) is 34.8. The van der Waals surface area contributed by atoms with Gasteiger partial charge in [0, 0.05) is 18.3 Å². The van der Waals surface area contributed by atoms with Crippen LogP contribution in [0.3, 0.4) is 0 Å². The van der Waals surface area contributed by atoms with E-state index in [0.29, 0.717) is 17.9 Å². The summed E-state index contributed by atoms with van der Waals surface area (Å²) in [5, 5.41) is 0.628. The lowest BCUT2D eigenvalue weighted by atomic mass is 9.33. The van der Waals surface area contributed by atoms with Crippen LogP contribution in [0.15, 0.2) is 35.9 Å². The van der Waals surface area contributed by atoms with Crippen LogP contribution in [0.2, 0.25) is 0 Å². The number of ether oxygens (including phenoxy) is 1. The van der Waals surface area contributed by atoms with Gasteiger partial charge in [0.05, 0.1) is 16.5 Å². The Morgan fingerprint density at radius 3 is 2.06 bits per heavy atom. The zero-order valence-corrected chi connectivity index (χ0v) is 29.9. The molecular weight excluding hydrogens is 606 g/mol. The molecule has 7 rings (SSSR count). The van der Waals surface area contributed by atoms with E-state index in [1.54, 1.807) is 24.3 Å². The van der Waals surface area contributed by atoms with Gasteiger partial charge < -0.3 is 9.57 Å². The van der Waals surface area contributed by atoms with Crippen LogP contribution in [-0.2, 0) is 24.0 Å². The number of amides is 2. The first kappa shape index (κ1) is 33.2. The van der Waals surface area contributed by atoms with E-state index < -0.39 is 23.2 Å². The van der Waals surface area contributed by atoms with Crippen LogP contribution >= 0.6 is 0 Å². The van der Waals surface area contributed by atoms with Crippen molar-refractivity contribution in [2.75, 3.05) is 0 Å². The van der Waals surface area contributed by atoms with Gasteiger partial charge >= 0.3 is 11.9 Å².